The lowest BCUT2D eigenvalue weighted by Gasteiger charge is -1.87. The molecule has 0 fully saturated rings. The first-order valence-corrected chi connectivity index (χ1v) is 4.91. The Balaban J connectivity index is 2.45. The van der Waals surface area contributed by atoms with Crippen LogP contribution in [-0.2, 0) is 0 Å². The molecule has 2 rings (SSSR count). The van der Waals surface area contributed by atoms with Gasteiger partial charge in [0.05, 0.1) is 10.6 Å². The highest BCUT2D eigenvalue weighted by Gasteiger charge is 1.99. The van der Waals surface area contributed by atoms with Gasteiger partial charge < -0.3 is 4.98 Å². The lowest BCUT2D eigenvalue weighted by Crippen LogP contribution is -1.65. The van der Waals surface area contributed by atoms with E-state index in [2.05, 4.69) is 44.5 Å². The molecule has 0 amide bonds. The van der Waals surface area contributed by atoms with Crippen LogP contribution in [0.2, 0.25) is 0 Å². The molecule has 0 saturated carbocycles. The fourth-order valence-electron chi connectivity index (χ4n) is 0.942. The van der Waals surface area contributed by atoms with Crippen molar-refractivity contribution >= 4 is 27.3 Å². The molecule has 0 radical (unpaired) electrons. The van der Waals surface area contributed by atoms with Gasteiger partial charge in [0, 0.05) is 10.7 Å². The van der Waals surface area contributed by atoms with Gasteiger partial charge >= 0.3 is 0 Å². The number of hydrogen-bond acceptors (Lipinski definition) is 1. The van der Waals surface area contributed by atoms with E-state index in [1.807, 2.05) is 6.20 Å². The summed E-state index contributed by atoms with van der Waals surface area (Å²) in [4.78, 5) is 4.45. The second-order valence-electron chi connectivity index (χ2n) is 2.21. The van der Waals surface area contributed by atoms with E-state index in [0.717, 1.165) is 4.47 Å². The molecule has 0 aliphatic heterocycles. The average Bonchev–Trinajstić information content (AvgIpc) is 2.55. The summed E-state index contributed by atoms with van der Waals surface area (Å²) in [7, 11) is 0. The van der Waals surface area contributed by atoms with Crippen LogP contribution in [0.25, 0.3) is 10.6 Å². The van der Waals surface area contributed by atoms with Gasteiger partial charge in [0.2, 0.25) is 0 Å². The van der Waals surface area contributed by atoms with Crippen LogP contribution in [-0.4, -0.2) is 4.98 Å². The molecular formula is C8H6BrNS. The van der Waals surface area contributed by atoms with E-state index >= 15 is 0 Å². The summed E-state index contributed by atoms with van der Waals surface area (Å²) in [6, 6.07) is 6.23. The first-order valence-electron chi connectivity index (χ1n) is 3.24. The van der Waals surface area contributed by atoms with Gasteiger partial charge in [0.15, 0.2) is 0 Å². The van der Waals surface area contributed by atoms with Crippen molar-refractivity contribution in [2.75, 3.05) is 0 Å². The molecule has 11 heavy (non-hydrogen) atoms. The molecule has 2 aromatic rings. The van der Waals surface area contributed by atoms with Gasteiger partial charge in [-0.2, -0.15) is 0 Å². The largest absolute Gasteiger partial charge is 0.359 e. The molecule has 1 nitrogen and oxygen atoms in total. The Kier molecular flexibility index (Phi) is 1.84. The molecule has 0 atom stereocenters. The minimum Gasteiger partial charge on any atom is -0.359 e. The monoisotopic (exact) mass is 227 g/mol. The highest BCUT2D eigenvalue weighted by Crippen LogP contribution is 2.25. The van der Waals surface area contributed by atoms with Gasteiger partial charge in [-0.15, -0.1) is 11.3 Å². The minimum atomic E-state index is 1.10. The number of nitrogens with one attached hydrogen (secondary N) is 1. The molecule has 2 aromatic heterocycles. The summed E-state index contributed by atoms with van der Waals surface area (Å²) < 4.78 is 1.10. The summed E-state index contributed by atoms with van der Waals surface area (Å²) in [6.45, 7) is 0. The van der Waals surface area contributed by atoms with E-state index in [9.17, 15) is 0 Å². The predicted molar refractivity (Wildman–Crippen MR) is 51.8 cm³/mol. The smallest absolute Gasteiger partial charge is 0.0567 e. The molecule has 0 aromatic carbocycles. The number of thiophene rings is 1. The third kappa shape index (κ3) is 1.39. The summed E-state index contributed by atoms with van der Waals surface area (Å²) in [5, 5.41) is 2.07. The fourth-order valence-corrected chi connectivity index (χ4v) is 1.99. The predicted octanol–water partition coefficient (Wildman–Crippen LogP) is 3.51. The maximum Gasteiger partial charge on any atom is 0.0567 e. The maximum atomic E-state index is 3.39. The second-order valence-corrected chi connectivity index (χ2v) is 4.07. The van der Waals surface area contributed by atoms with Crippen molar-refractivity contribution in [2.45, 2.75) is 0 Å². The highest BCUT2D eigenvalue weighted by molar-refractivity contribution is 9.10. The molecule has 0 aliphatic rings. The van der Waals surface area contributed by atoms with Crippen LogP contribution in [0.3, 0.4) is 0 Å². The van der Waals surface area contributed by atoms with Crippen LogP contribution in [0, 0.1) is 0 Å². The van der Waals surface area contributed by atoms with Crippen molar-refractivity contribution in [3.8, 4) is 10.6 Å². The number of rotatable bonds is 1. The summed E-state index contributed by atoms with van der Waals surface area (Å²) >= 11 is 5.13. The zero-order chi connectivity index (χ0) is 7.68. The normalized spacial score (nSPS) is 10.3. The summed E-state index contributed by atoms with van der Waals surface area (Å²) in [5.74, 6) is 0. The van der Waals surface area contributed by atoms with Crippen LogP contribution >= 0.6 is 27.3 Å². The minimum absolute atomic E-state index is 1.10. The molecule has 0 saturated heterocycles. The third-order valence-electron chi connectivity index (χ3n) is 1.43. The summed E-state index contributed by atoms with van der Waals surface area (Å²) in [5.41, 5.74) is 1.17. The topological polar surface area (TPSA) is 15.8 Å². The van der Waals surface area contributed by atoms with Crippen LogP contribution in [0.15, 0.2) is 34.2 Å². The van der Waals surface area contributed by atoms with E-state index in [1.54, 1.807) is 11.3 Å². The van der Waals surface area contributed by atoms with Gasteiger partial charge in [0.25, 0.3) is 0 Å². The van der Waals surface area contributed by atoms with E-state index < -0.39 is 0 Å². The Labute approximate surface area is 77.2 Å². The van der Waals surface area contributed by atoms with Crippen molar-refractivity contribution in [3.05, 3.63) is 34.2 Å². The lowest BCUT2D eigenvalue weighted by atomic mass is 10.3. The van der Waals surface area contributed by atoms with Gasteiger partial charge in [-0.3, -0.25) is 0 Å². The van der Waals surface area contributed by atoms with E-state index in [-0.39, 0.29) is 0 Å². The van der Waals surface area contributed by atoms with E-state index in [4.69, 9.17) is 0 Å². The highest BCUT2D eigenvalue weighted by atomic mass is 79.9. The summed E-state index contributed by atoms with van der Waals surface area (Å²) in [6.07, 6.45) is 1.94. The molecule has 0 bridgehead atoms. The number of aromatic amines is 1. The Morgan fingerprint density at radius 1 is 1.45 bits per heavy atom. The molecule has 0 unspecified atom stereocenters. The van der Waals surface area contributed by atoms with Crippen molar-refractivity contribution < 1.29 is 0 Å². The standard InChI is InChI=1S/C8H6BrNS/c9-6-4-7(10-5-6)8-2-1-3-11-8/h1-5,10H. The zero-order valence-corrected chi connectivity index (χ0v) is 8.08. The van der Waals surface area contributed by atoms with Gasteiger partial charge in [-0.1, -0.05) is 6.07 Å². The third-order valence-corrected chi connectivity index (χ3v) is 2.80. The molecule has 56 valence electrons. The Bertz CT molecular complexity index is 337. The quantitative estimate of drug-likeness (QED) is 0.768. The average molecular weight is 228 g/mol. The van der Waals surface area contributed by atoms with Crippen molar-refractivity contribution in [1.29, 1.82) is 0 Å². The van der Waals surface area contributed by atoms with Crippen LogP contribution in [0.1, 0.15) is 0 Å². The first kappa shape index (κ1) is 7.13. The van der Waals surface area contributed by atoms with E-state index in [0.29, 0.717) is 0 Å². The molecule has 2 heterocycles. The molecule has 0 aliphatic carbocycles. The Morgan fingerprint density at radius 3 is 2.91 bits per heavy atom. The lowest BCUT2D eigenvalue weighted by molar-refractivity contribution is 1.42. The van der Waals surface area contributed by atoms with Crippen molar-refractivity contribution in [3.63, 3.8) is 0 Å². The fraction of sp³-hybridized carbons (Fsp3) is 0. The van der Waals surface area contributed by atoms with Gasteiger partial charge in [0.1, 0.15) is 0 Å². The van der Waals surface area contributed by atoms with Crippen LogP contribution < -0.4 is 0 Å². The first-order chi connectivity index (χ1) is 5.36. The second kappa shape index (κ2) is 2.83. The number of H-pyrrole nitrogens is 1. The molecule has 1 N–H and O–H groups in total. The molecular weight excluding hydrogens is 222 g/mol. The van der Waals surface area contributed by atoms with E-state index in [1.165, 1.54) is 10.6 Å². The van der Waals surface area contributed by atoms with Crippen molar-refractivity contribution in [1.82, 2.24) is 4.98 Å². The van der Waals surface area contributed by atoms with Crippen molar-refractivity contribution in [2.24, 2.45) is 0 Å². The number of hydrogen-bond donors (Lipinski definition) is 1. The Hall–Kier alpha value is -0.540. The SMILES string of the molecule is Brc1c[nH]c(-c2cccs2)c1. The van der Waals surface area contributed by atoms with Gasteiger partial charge in [-0.25, -0.2) is 0 Å². The van der Waals surface area contributed by atoms with Crippen LogP contribution in [0.4, 0.5) is 0 Å². The number of aromatic nitrogens is 1. The molecule has 3 heteroatoms. The maximum absolute atomic E-state index is 3.39. The number of halogens is 1. The van der Waals surface area contributed by atoms with Crippen LogP contribution in [0.5, 0.6) is 0 Å². The Morgan fingerprint density at radius 2 is 2.36 bits per heavy atom. The molecule has 0 spiro atoms. The zero-order valence-electron chi connectivity index (χ0n) is 5.67. The van der Waals surface area contributed by atoms with Gasteiger partial charge in [-0.05, 0) is 33.4 Å².